The molecule has 0 spiro atoms. The summed E-state index contributed by atoms with van der Waals surface area (Å²) in [7, 11) is 0. The van der Waals surface area contributed by atoms with Gasteiger partial charge in [-0.3, -0.25) is 0 Å². The fraction of sp³-hybridized carbons (Fsp3) is 1.00. The van der Waals surface area contributed by atoms with Gasteiger partial charge in [-0.15, -0.1) is 0 Å². The Balaban J connectivity index is 2.39. The van der Waals surface area contributed by atoms with Gasteiger partial charge in [-0.2, -0.15) is 39.1 Å². The minimum absolute atomic E-state index is 0.756. The lowest BCUT2D eigenvalue weighted by molar-refractivity contribution is -0.583. The SMILES string of the molecule is CC1OOC(C)OOC(C)OOC(C)OO1. The summed E-state index contributed by atoms with van der Waals surface area (Å²) in [6.45, 7) is 6.26. The summed E-state index contributed by atoms with van der Waals surface area (Å²) in [4.78, 5) is 38.1. The van der Waals surface area contributed by atoms with E-state index in [-0.39, 0.29) is 0 Å². The van der Waals surface area contributed by atoms with E-state index in [1.807, 2.05) is 0 Å². The van der Waals surface area contributed by atoms with E-state index in [4.69, 9.17) is 39.1 Å². The maximum absolute atomic E-state index is 4.76. The van der Waals surface area contributed by atoms with Crippen LogP contribution in [-0.4, -0.2) is 25.2 Å². The Hall–Kier alpha value is -0.320. The van der Waals surface area contributed by atoms with Gasteiger partial charge < -0.3 is 0 Å². The molecule has 0 aliphatic carbocycles. The highest BCUT2D eigenvalue weighted by Gasteiger charge is 2.17. The molecule has 0 aromatic heterocycles. The molecule has 0 aromatic carbocycles. The molecular weight excluding hydrogens is 224 g/mol. The first-order chi connectivity index (χ1) is 7.58. The Bertz CT molecular complexity index is 133. The zero-order valence-electron chi connectivity index (χ0n) is 9.58. The molecule has 1 saturated heterocycles. The predicted octanol–water partition coefficient (Wildman–Crippen LogP) is 1.18. The molecule has 0 N–H and O–H groups in total. The third kappa shape index (κ3) is 5.68. The molecule has 1 heterocycles. The Labute approximate surface area is 92.9 Å². The second-order valence-corrected chi connectivity index (χ2v) is 3.04. The average Bonchev–Trinajstić information content (AvgIpc) is 2.27. The van der Waals surface area contributed by atoms with Crippen LogP contribution in [0.4, 0.5) is 0 Å². The minimum Gasteiger partial charge on any atom is -0.199 e. The average molecular weight is 240 g/mol. The smallest absolute Gasteiger partial charge is 0.199 e. The van der Waals surface area contributed by atoms with E-state index in [2.05, 4.69) is 0 Å². The van der Waals surface area contributed by atoms with E-state index in [1.165, 1.54) is 0 Å². The molecule has 1 rings (SSSR count). The quantitative estimate of drug-likeness (QED) is 0.584. The van der Waals surface area contributed by atoms with Crippen LogP contribution in [-0.2, 0) is 39.1 Å². The summed E-state index contributed by atoms with van der Waals surface area (Å²) in [5, 5.41) is 0. The van der Waals surface area contributed by atoms with Crippen molar-refractivity contribution in [3.63, 3.8) is 0 Å². The van der Waals surface area contributed by atoms with Gasteiger partial charge in [0, 0.05) is 0 Å². The van der Waals surface area contributed by atoms with E-state index in [1.54, 1.807) is 27.7 Å². The molecule has 16 heavy (non-hydrogen) atoms. The first-order valence-corrected chi connectivity index (χ1v) is 4.86. The molecule has 0 atom stereocenters. The van der Waals surface area contributed by atoms with Crippen molar-refractivity contribution in [3.8, 4) is 0 Å². The maximum Gasteiger partial charge on any atom is 0.221 e. The minimum atomic E-state index is -0.756. The lowest BCUT2D eigenvalue weighted by Gasteiger charge is -2.21. The molecule has 8 heteroatoms. The van der Waals surface area contributed by atoms with Crippen LogP contribution in [0.15, 0.2) is 0 Å². The Kier molecular flexibility index (Phi) is 6.09. The molecule has 96 valence electrons. The van der Waals surface area contributed by atoms with Gasteiger partial charge in [-0.25, -0.2) is 0 Å². The van der Waals surface area contributed by atoms with Gasteiger partial charge in [0.25, 0.3) is 0 Å². The molecule has 0 bridgehead atoms. The summed E-state index contributed by atoms with van der Waals surface area (Å²) in [5.74, 6) is 0. The zero-order chi connectivity index (χ0) is 12.0. The lowest BCUT2D eigenvalue weighted by Crippen LogP contribution is -2.27. The first-order valence-electron chi connectivity index (χ1n) is 4.86. The van der Waals surface area contributed by atoms with Gasteiger partial charge in [0.15, 0.2) is 0 Å². The number of hydrogen-bond donors (Lipinski definition) is 0. The van der Waals surface area contributed by atoms with Gasteiger partial charge in [0.05, 0.1) is 0 Å². The molecule has 1 fully saturated rings. The van der Waals surface area contributed by atoms with Crippen LogP contribution in [0.5, 0.6) is 0 Å². The van der Waals surface area contributed by atoms with Crippen LogP contribution in [0.3, 0.4) is 0 Å². The second kappa shape index (κ2) is 7.09. The molecule has 0 amide bonds. The van der Waals surface area contributed by atoms with Gasteiger partial charge in [0.2, 0.25) is 25.2 Å². The topological polar surface area (TPSA) is 73.8 Å². The van der Waals surface area contributed by atoms with Crippen molar-refractivity contribution in [3.05, 3.63) is 0 Å². The summed E-state index contributed by atoms with van der Waals surface area (Å²) in [6.07, 6.45) is -3.02. The molecular formula is C8H16O8. The van der Waals surface area contributed by atoms with Crippen LogP contribution in [0, 0.1) is 0 Å². The molecule has 1 aliphatic rings. The van der Waals surface area contributed by atoms with E-state index < -0.39 is 25.2 Å². The van der Waals surface area contributed by atoms with E-state index in [0.717, 1.165) is 0 Å². The van der Waals surface area contributed by atoms with Crippen molar-refractivity contribution < 1.29 is 39.1 Å². The fourth-order valence-corrected chi connectivity index (χ4v) is 0.690. The zero-order valence-corrected chi connectivity index (χ0v) is 9.58. The summed E-state index contributed by atoms with van der Waals surface area (Å²) < 4.78 is 0. The van der Waals surface area contributed by atoms with Crippen molar-refractivity contribution in [2.45, 2.75) is 52.9 Å². The molecule has 0 radical (unpaired) electrons. The van der Waals surface area contributed by atoms with Crippen molar-refractivity contribution >= 4 is 0 Å². The fourth-order valence-electron chi connectivity index (χ4n) is 0.690. The first kappa shape index (κ1) is 13.7. The molecule has 0 saturated carbocycles. The summed E-state index contributed by atoms with van der Waals surface area (Å²) in [6, 6.07) is 0. The van der Waals surface area contributed by atoms with E-state index in [0.29, 0.717) is 0 Å². The molecule has 0 unspecified atom stereocenters. The van der Waals surface area contributed by atoms with Crippen LogP contribution in [0.25, 0.3) is 0 Å². The molecule has 8 nitrogen and oxygen atoms in total. The second-order valence-electron chi connectivity index (χ2n) is 3.04. The largest absolute Gasteiger partial charge is 0.221 e. The Morgan fingerprint density at radius 3 is 0.625 bits per heavy atom. The highest BCUT2D eigenvalue weighted by atomic mass is 17.4. The third-order valence-electron chi connectivity index (χ3n) is 1.31. The lowest BCUT2D eigenvalue weighted by atomic mass is 10.7. The van der Waals surface area contributed by atoms with Crippen LogP contribution >= 0.6 is 0 Å². The highest BCUT2D eigenvalue weighted by Crippen LogP contribution is 2.08. The summed E-state index contributed by atoms with van der Waals surface area (Å²) in [5.41, 5.74) is 0. The highest BCUT2D eigenvalue weighted by molar-refractivity contribution is 4.25. The van der Waals surface area contributed by atoms with Gasteiger partial charge >= 0.3 is 0 Å². The number of rotatable bonds is 0. The normalized spacial score (nSPS) is 39.8. The van der Waals surface area contributed by atoms with Gasteiger partial charge in [0.1, 0.15) is 0 Å². The summed E-state index contributed by atoms with van der Waals surface area (Å²) >= 11 is 0. The standard InChI is InChI=1S/C8H16O8/c1-5-9-11-6(2)13-15-8(4)16-14-7(3)12-10-5/h5-8H,1-4H3. The third-order valence-corrected chi connectivity index (χ3v) is 1.31. The van der Waals surface area contributed by atoms with Crippen LogP contribution in [0.1, 0.15) is 27.7 Å². The van der Waals surface area contributed by atoms with Crippen molar-refractivity contribution in [1.29, 1.82) is 0 Å². The maximum atomic E-state index is 4.76. The Morgan fingerprint density at radius 1 is 0.375 bits per heavy atom. The van der Waals surface area contributed by atoms with E-state index >= 15 is 0 Å². The Morgan fingerprint density at radius 2 is 0.500 bits per heavy atom. The monoisotopic (exact) mass is 240 g/mol. The van der Waals surface area contributed by atoms with Crippen LogP contribution < -0.4 is 0 Å². The predicted molar refractivity (Wildman–Crippen MR) is 46.5 cm³/mol. The van der Waals surface area contributed by atoms with E-state index in [9.17, 15) is 0 Å². The number of hydrogen-bond acceptors (Lipinski definition) is 8. The van der Waals surface area contributed by atoms with Gasteiger partial charge in [-0.05, 0) is 27.7 Å². The van der Waals surface area contributed by atoms with Crippen LogP contribution in [0.2, 0.25) is 0 Å². The van der Waals surface area contributed by atoms with Crippen molar-refractivity contribution in [2.75, 3.05) is 0 Å². The van der Waals surface area contributed by atoms with Gasteiger partial charge in [-0.1, -0.05) is 0 Å². The molecule has 1 aliphatic heterocycles. The molecule has 0 aromatic rings. The van der Waals surface area contributed by atoms with Crippen molar-refractivity contribution in [2.24, 2.45) is 0 Å². The van der Waals surface area contributed by atoms with Crippen molar-refractivity contribution in [1.82, 2.24) is 0 Å².